The maximum absolute atomic E-state index is 9.00. The first-order valence-corrected chi connectivity index (χ1v) is 3.86. The number of ether oxygens (including phenoxy) is 1. The van der Waals surface area contributed by atoms with Gasteiger partial charge in [0.15, 0.2) is 0 Å². The van der Waals surface area contributed by atoms with Crippen LogP contribution in [0.2, 0.25) is 0 Å². The summed E-state index contributed by atoms with van der Waals surface area (Å²) in [6.45, 7) is 4.40. The molecule has 0 saturated carbocycles. The molecule has 2 nitrogen and oxygen atoms in total. The molecule has 0 aromatic carbocycles. The van der Waals surface area contributed by atoms with Gasteiger partial charge in [0, 0.05) is 0 Å². The van der Waals surface area contributed by atoms with Crippen LogP contribution >= 0.6 is 0 Å². The Hall–Kier alpha value is -0.760. The third-order valence-electron chi connectivity index (χ3n) is 1.96. The molecule has 1 aliphatic rings. The van der Waals surface area contributed by atoms with Gasteiger partial charge in [-0.05, 0) is 31.9 Å². The van der Waals surface area contributed by atoms with Gasteiger partial charge in [-0.1, -0.05) is 6.08 Å². The molecule has 0 aromatic heterocycles. The summed E-state index contributed by atoms with van der Waals surface area (Å²) in [6.07, 6.45) is 4.83. The Balaban J connectivity index is 2.54. The number of allylic oxidation sites excluding steroid dienone is 1. The standard InChI is InChI=1S/C9H14O2/c1-3-7(2)9-5-4-8(10)6-11-9/h3-4,9-10H,5-6H2,1-2H3/b7-3+. The molecule has 1 N–H and O–H groups in total. The van der Waals surface area contributed by atoms with E-state index in [1.54, 1.807) is 0 Å². The lowest BCUT2D eigenvalue weighted by Crippen LogP contribution is -2.19. The van der Waals surface area contributed by atoms with Crippen LogP contribution < -0.4 is 0 Å². The van der Waals surface area contributed by atoms with Gasteiger partial charge in [0.25, 0.3) is 0 Å². The average molecular weight is 154 g/mol. The summed E-state index contributed by atoms with van der Waals surface area (Å²) in [5.41, 5.74) is 1.23. The first-order valence-electron chi connectivity index (χ1n) is 3.86. The van der Waals surface area contributed by atoms with E-state index in [0.717, 1.165) is 6.42 Å². The van der Waals surface area contributed by atoms with Gasteiger partial charge >= 0.3 is 0 Å². The monoisotopic (exact) mass is 154 g/mol. The zero-order valence-electron chi connectivity index (χ0n) is 7.00. The SMILES string of the molecule is C/C=C(\C)C1CC=C(O)CO1. The van der Waals surface area contributed by atoms with Crippen molar-refractivity contribution in [2.24, 2.45) is 0 Å². The van der Waals surface area contributed by atoms with E-state index in [1.807, 2.05) is 26.0 Å². The predicted molar refractivity (Wildman–Crippen MR) is 44.5 cm³/mol. The molecule has 0 spiro atoms. The van der Waals surface area contributed by atoms with E-state index in [0.29, 0.717) is 12.4 Å². The third kappa shape index (κ3) is 2.09. The van der Waals surface area contributed by atoms with E-state index in [-0.39, 0.29) is 6.10 Å². The molecule has 0 aromatic rings. The van der Waals surface area contributed by atoms with Crippen molar-refractivity contribution in [1.29, 1.82) is 0 Å². The van der Waals surface area contributed by atoms with Crippen molar-refractivity contribution >= 4 is 0 Å². The number of hydrogen-bond acceptors (Lipinski definition) is 2. The van der Waals surface area contributed by atoms with E-state index in [9.17, 15) is 0 Å². The number of aliphatic hydroxyl groups is 1. The number of rotatable bonds is 1. The zero-order valence-corrected chi connectivity index (χ0v) is 7.00. The fourth-order valence-electron chi connectivity index (χ4n) is 1.06. The fraction of sp³-hybridized carbons (Fsp3) is 0.556. The molecule has 1 heterocycles. The van der Waals surface area contributed by atoms with E-state index >= 15 is 0 Å². The molecule has 0 bridgehead atoms. The van der Waals surface area contributed by atoms with Gasteiger partial charge in [0.2, 0.25) is 0 Å². The molecule has 62 valence electrons. The number of aliphatic hydroxyl groups excluding tert-OH is 1. The van der Waals surface area contributed by atoms with E-state index < -0.39 is 0 Å². The van der Waals surface area contributed by atoms with Crippen LogP contribution in [-0.4, -0.2) is 17.8 Å². The third-order valence-corrected chi connectivity index (χ3v) is 1.96. The maximum atomic E-state index is 9.00. The van der Waals surface area contributed by atoms with Crippen LogP contribution in [0.4, 0.5) is 0 Å². The van der Waals surface area contributed by atoms with Gasteiger partial charge < -0.3 is 9.84 Å². The van der Waals surface area contributed by atoms with Crippen LogP contribution in [0.25, 0.3) is 0 Å². The Labute approximate surface area is 67.2 Å². The Morgan fingerprint density at radius 3 is 3.00 bits per heavy atom. The Morgan fingerprint density at radius 1 is 1.82 bits per heavy atom. The first-order chi connectivity index (χ1) is 5.24. The smallest absolute Gasteiger partial charge is 0.114 e. The van der Waals surface area contributed by atoms with Gasteiger partial charge in [-0.3, -0.25) is 0 Å². The van der Waals surface area contributed by atoms with Gasteiger partial charge in [-0.2, -0.15) is 0 Å². The zero-order chi connectivity index (χ0) is 8.27. The predicted octanol–water partition coefficient (Wildman–Crippen LogP) is 2.18. The summed E-state index contributed by atoms with van der Waals surface area (Å²) in [4.78, 5) is 0. The topological polar surface area (TPSA) is 29.5 Å². The van der Waals surface area contributed by atoms with Crippen LogP contribution in [0.15, 0.2) is 23.5 Å². The van der Waals surface area contributed by atoms with Crippen molar-refractivity contribution in [1.82, 2.24) is 0 Å². The molecule has 0 saturated heterocycles. The second kappa shape index (κ2) is 3.58. The van der Waals surface area contributed by atoms with Gasteiger partial charge in [-0.25, -0.2) is 0 Å². The molecular formula is C9H14O2. The summed E-state index contributed by atoms with van der Waals surface area (Å²) >= 11 is 0. The van der Waals surface area contributed by atoms with E-state index in [1.165, 1.54) is 5.57 Å². The Kier molecular flexibility index (Phi) is 2.71. The molecule has 0 radical (unpaired) electrons. The lowest BCUT2D eigenvalue weighted by molar-refractivity contribution is 0.0632. The van der Waals surface area contributed by atoms with E-state index in [2.05, 4.69) is 0 Å². The van der Waals surface area contributed by atoms with Gasteiger partial charge in [0.05, 0.1) is 6.10 Å². The highest BCUT2D eigenvalue weighted by Crippen LogP contribution is 2.16. The molecular weight excluding hydrogens is 140 g/mol. The quantitative estimate of drug-likeness (QED) is 0.586. The minimum Gasteiger partial charge on any atom is -0.510 e. The normalized spacial score (nSPS) is 26.5. The molecule has 1 rings (SSSR count). The summed E-state index contributed by atoms with van der Waals surface area (Å²) in [5.74, 6) is 0.352. The summed E-state index contributed by atoms with van der Waals surface area (Å²) in [7, 11) is 0. The highest BCUT2D eigenvalue weighted by atomic mass is 16.5. The summed E-state index contributed by atoms with van der Waals surface area (Å²) < 4.78 is 5.36. The molecule has 11 heavy (non-hydrogen) atoms. The van der Waals surface area contributed by atoms with E-state index in [4.69, 9.17) is 9.84 Å². The minimum atomic E-state index is 0.177. The van der Waals surface area contributed by atoms with Crippen LogP contribution in [0, 0.1) is 0 Å². The van der Waals surface area contributed by atoms with Gasteiger partial charge in [-0.15, -0.1) is 0 Å². The largest absolute Gasteiger partial charge is 0.510 e. The second-order valence-electron chi connectivity index (χ2n) is 2.76. The number of hydrogen-bond donors (Lipinski definition) is 1. The van der Waals surface area contributed by atoms with Crippen molar-refractivity contribution in [3.8, 4) is 0 Å². The van der Waals surface area contributed by atoms with Crippen molar-refractivity contribution in [3.05, 3.63) is 23.5 Å². The molecule has 0 amide bonds. The van der Waals surface area contributed by atoms with Crippen LogP contribution in [-0.2, 0) is 4.74 Å². The van der Waals surface area contributed by atoms with Crippen LogP contribution in [0.1, 0.15) is 20.3 Å². The van der Waals surface area contributed by atoms with Gasteiger partial charge in [0.1, 0.15) is 12.4 Å². The lowest BCUT2D eigenvalue weighted by atomic mass is 10.1. The fourth-order valence-corrected chi connectivity index (χ4v) is 1.06. The first kappa shape index (κ1) is 8.34. The maximum Gasteiger partial charge on any atom is 0.114 e. The average Bonchev–Trinajstić information content (AvgIpc) is 2.05. The highest BCUT2D eigenvalue weighted by Gasteiger charge is 2.14. The van der Waals surface area contributed by atoms with Crippen molar-refractivity contribution in [2.75, 3.05) is 6.61 Å². The molecule has 2 heteroatoms. The summed E-state index contributed by atoms with van der Waals surface area (Å²) in [6, 6.07) is 0. The minimum absolute atomic E-state index is 0.177. The van der Waals surface area contributed by atoms with Crippen molar-refractivity contribution in [3.63, 3.8) is 0 Å². The van der Waals surface area contributed by atoms with Crippen molar-refractivity contribution in [2.45, 2.75) is 26.4 Å². The molecule has 1 atom stereocenters. The molecule has 1 unspecified atom stereocenters. The Bertz CT molecular complexity index is 192. The Morgan fingerprint density at radius 2 is 2.55 bits per heavy atom. The summed E-state index contributed by atoms with van der Waals surface area (Å²) in [5, 5.41) is 9.00. The lowest BCUT2D eigenvalue weighted by Gasteiger charge is -2.20. The van der Waals surface area contributed by atoms with Crippen molar-refractivity contribution < 1.29 is 9.84 Å². The molecule has 1 aliphatic heterocycles. The second-order valence-corrected chi connectivity index (χ2v) is 2.76. The molecule has 0 fully saturated rings. The van der Waals surface area contributed by atoms with Crippen LogP contribution in [0.5, 0.6) is 0 Å². The highest BCUT2D eigenvalue weighted by molar-refractivity contribution is 5.10. The van der Waals surface area contributed by atoms with Crippen LogP contribution in [0.3, 0.4) is 0 Å². The molecule has 0 aliphatic carbocycles.